The van der Waals surface area contributed by atoms with Crippen LogP contribution in [0.3, 0.4) is 0 Å². The third-order valence-electron chi connectivity index (χ3n) is 5.46. The molecule has 1 amide bonds. The molecule has 138 valence electrons. The Kier molecular flexibility index (Phi) is 4.06. The first-order valence-corrected chi connectivity index (χ1v) is 10.0. The van der Waals surface area contributed by atoms with Gasteiger partial charge in [-0.3, -0.25) is 14.5 Å². The van der Waals surface area contributed by atoms with Gasteiger partial charge in [0.15, 0.2) is 5.13 Å². The number of fused-ring (bicyclic) bond motifs is 5. The summed E-state index contributed by atoms with van der Waals surface area (Å²) in [6.07, 6.45) is 1.10. The maximum atomic E-state index is 12.5. The molecule has 0 aliphatic carbocycles. The second-order valence-corrected chi connectivity index (χ2v) is 8.46. The Hall–Kier alpha value is -2.51. The van der Waals surface area contributed by atoms with Crippen LogP contribution < -0.4 is 10.9 Å². The average molecular weight is 380 g/mol. The molecule has 4 heterocycles. The molecule has 1 fully saturated rings. The van der Waals surface area contributed by atoms with Crippen molar-refractivity contribution in [2.45, 2.75) is 18.9 Å². The van der Waals surface area contributed by atoms with E-state index >= 15 is 0 Å². The molecular weight excluding hydrogens is 360 g/mol. The third-order valence-corrected chi connectivity index (χ3v) is 6.41. The molecule has 6 nitrogen and oxygen atoms in total. The molecule has 0 unspecified atom stereocenters. The Balaban J connectivity index is 1.28. The number of thiazole rings is 1. The summed E-state index contributed by atoms with van der Waals surface area (Å²) >= 11 is 1.50. The first-order chi connectivity index (χ1) is 13.2. The first-order valence-electron chi connectivity index (χ1n) is 9.23. The zero-order valence-corrected chi connectivity index (χ0v) is 15.6. The van der Waals surface area contributed by atoms with Crippen molar-refractivity contribution in [3.63, 3.8) is 0 Å². The number of amides is 1. The van der Waals surface area contributed by atoms with Gasteiger partial charge in [0, 0.05) is 37.3 Å². The number of benzene rings is 1. The summed E-state index contributed by atoms with van der Waals surface area (Å²) in [6.45, 7) is 2.78. The molecule has 0 spiro atoms. The van der Waals surface area contributed by atoms with Crippen molar-refractivity contribution in [3.8, 4) is 0 Å². The second kappa shape index (κ2) is 6.58. The monoisotopic (exact) mass is 380 g/mol. The summed E-state index contributed by atoms with van der Waals surface area (Å²) in [5, 5.41) is 3.59. The molecule has 7 heteroatoms. The summed E-state index contributed by atoms with van der Waals surface area (Å²) in [4.78, 5) is 31.3. The number of hydrogen-bond donors (Lipinski definition) is 1. The molecule has 1 aromatic carbocycles. The van der Waals surface area contributed by atoms with Gasteiger partial charge < -0.3 is 9.88 Å². The van der Waals surface area contributed by atoms with Crippen molar-refractivity contribution in [2.24, 2.45) is 5.92 Å². The van der Waals surface area contributed by atoms with Gasteiger partial charge in [0.2, 0.25) is 5.91 Å². The van der Waals surface area contributed by atoms with Gasteiger partial charge in [0.05, 0.1) is 16.8 Å². The molecule has 0 radical (unpaired) electrons. The Labute approximate surface area is 160 Å². The fourth-order valence-corrected chi connectivity index (χ4v) is 5.29. The molecule has 2 aliphatic rings. The van der Waals surface area contributed by atoms with E-state index < -0.39 is 0 Å². The maximum Gasteiger partial charge on any atom is 0.250 e. The Bertz CT molecular complexity index is 1040. The van der Waals surface area contributed by atoms with Crippen LogP contribution in [-0.2, 0) is 11.3 Å². The van der Waals surface area contributed by atoms with E-state index in [0.717, 1.165) is 42.0 Å². The number of likely N-dealkylation sites (tertiary alicyclic amines) is 1. The zero-order valence-electron chi connectivity index (χ0n) is 14.8. The second-order valence-electron chi connectivity index (χ2n) is 7.43. The Morgan fingerprint density at radius 2 is 2.04 bits per heavy atom. The highest BCUT2D eigenvalue weighted by Gasteiger charge is 2.34. The molecule has 5 rings (SSSR count). The number of nitrogens with one attached hydrogen (secondary N) is 1. The summed E-state index contributed by atoms with van der Waals surface area (Å²) in [7, 11) is 0. The van der Waals surface area contributed by atoms with Crippen LogP contribution in [0, 0.1) is 5.92 Å². The number of pyridine rings is 1. The fraction of sp³-hybridized carbons (Fsp3) is 0.350. The van der Waals surface area contributed by atoms with E-state index in [9.17, 15) is 9.59 Å². The van der Waals surface area contributed by atoms with Crippen molar-refractivity contribution < 1.29 is 4.79 Å². The van der Waals surface area contributed by atoms with Crippen LogP contribution in [0.2, 0.25) is 0 Å². The van der Waals surface area contributed by atoms with Crippen LogP contribution in [0.1, 0.15) is 18.0 Å². The maximum absolute atomic E-state index is 12.5. The predicted molar refractivity (Wildman–Crippen MR) is 106 cm³/mol. The van der Waals surface area contributed by atoms with E-state index in [-0.39, 0.29) is 11.5 Å². The number of aromatic nitrogens is 2. The molecule has 1 N–H and O–H groups in total. The number of hydrogen-bond acceptors (Lipinski definition) is 5. The van der Waals surface area contributed by atoms with Crippen LogP contribution in [-0.4, -0.2) is 40.0 Å². The van der Waals surface area contributed by atoms with Gasteiger partial charge in [0.1, 0.15) is 0 Å². The summed E-state index contributed by atoms with van der Waals surface area (Å²) in [5.41, 5.74) is 2.10. The lowest BCUT2D eigenvalue weighted by Crippen LogP contribution is -2.49. The molecule has 2 atom stereocenters. The standard InChI is InChI=1S/C20H20N4O2S/c25-18(22-20-21-15-4-1-2-6-17(15)27-20)12-23-9-13-8-14(11-23)16-5-3-7-19(26)24(16)10-13/h1-7,13-14H,8-12H2,(H,21,22,25)/t13-,14+/m1/s1. The lowest BCUT2D eigenvalue weighted by Gasteiger charge is -2.42. The molecule has 3 aromatic rings. The lowest BCUT2D eigenvalue weighted by atomic mass is 9.83. The molecule has 1 saturated heterocycles. The molecular formula is C20H20N4O2S. The van der Waals surface area contributed by atoms with Crippen molar-refractivity contribution in [3.05, 3.63) is 58.5 Å². The number of nitrogens with zero attached hydrogens (tertiary/aromatic N) is 3. The molecule has 2 aromatic heterocycles. The Morgan fingerprint density at radius 3 is 2.93 bits per heavy atom. The van der Waals surface area contributed by atoms with E-state index in [1.54, 1.807) is 6.07 Å². The van der Waals surface area contributed by atoms with Gasteiger partial charge in [0.25, 0.3) is 5.56 Å². The molecule has 27 heavy (non-hydrogen) atoms. The highest BCUT2D eigenvalue weighted by molar-refractivity contribution is 7.22. The SMILES string of the molecule is O=C(CN1C[C@H]2C[C@@H](C1)c1cccc(=O)n1C2)Nc1nc2ccccc2s1. The van der Waals surface area contributed by atoms with Crippen molar-refractivity contribution in [1.82, 2.24) is 14.5 Å². The number of rotatable bonds is 3. The van der Waals surface area contributed by atoms with E-state index in [0.29, 0.717) is 23.5 Å². The average Bonchev–Trinajstić information content (AvgIpc) is 3.04. The first kappa shape index (κ1) is 16.6. The molecule has 2 aliphatic heterocycles. The van der Waals surface area contributed by atoms with Crippen molar-refractivity contribution in [2.75, 3.05) is 25.0 Å². The summed E-state index contributed by atoms with van der Waals surface area (Å²) < 4.78 is 2.99. The molecule has 0 saturated carbocycles. The summed E-state index contributed by atoms with van der Waals surface area (Å²) in [5.74, 6) is 0.715. The minimum atomic E-state index is -0.0283. The van der Waals surface area contributed by atoms with Crippen LogP contribution in [0.25, 0.3) is 10.2 Å². The summed E-state index contributed by atoms with van der Waals surface area (Å²) in [6, 6.07) is 13.4. The van der Waals surface area contributed by atoms with Crippen LogP contribution in [0.4, 0.5) is 5.13 Å². The van der Waals surface area contributed by atoms with Crippen LogP contribution >= 0.6 is 11.3 Å². The lowest BCUT2D eigenvalue weighted by molar-refractivity contribution is -0.117. The minimum absolute atomic E-state index is 0.0283. The van der Waals surface area contributed by atoms with E-state index in [1.807, 2.05) is 41.0 Å². The van der Waals surface area contributed by atoms with Crippen molar-refractivity contribution in [1.29, 1.82) is 0 Å². The predicted octanol–water partition coefficient (Wildman–Crippen LogP) is 2.52. The number of carbonyl (C=O) groups is 1. The quantitative estimate of drug-likeness (QED) is 0.758. The van der Waals surface area contributed by atoms with E-state index in [2.05, 4.69) is 15.2 Å². The number of para-hydroxylation sites is 1. The van der Waals surface area contributed by atoms with Gasteiger partial charge in [-0.05, 0) is 30.5 Å². The minimum Gasteiger partial charge on any atom is -0.312 e. The normalized spacial score (nSPS) is 21.8. The number of anilines is 1. The van der Waals surface area contributed by atoms with Crippen LogP contribution in [0.5, 0.6) is 0 Å². The molecule has 2 bridgehead atoms. The zero-order chi connectivity index (χ0) is 18.4. The number of piperidine rings is 1. The van der Waals surface area contributed by atoms with Gasteiger partial charge >= 0.3 is 0 Å². The third kappa shape index (κ3) is 3.17. The topological polar surface area (TPSA) is 67.2 Å². The highest BCUT2D eigenvalue weighted by atomic mass is 32.1. The van der Waals surface area contributed by atoms with E-state index in [1.165, 1.54) is 11.3 Å². The smallest absolute Gasteiger partial charge is 0.250 e. The van der Waals surface area contributed by atoms with Crippen molar-refractivity contribution >= 4 is 32.6 Å². The van der Waals surface area contributed by atoms with E-state index in [4.69, 9.17) is 0 Å². The van der Waals surface area contributed by atoms with Gasteiger partial charge in [-0.15, -0.1) is 0 Å². The fourth-order valence-electron chi connectivity index (χ4n) is 4.41. The van der Waals surface area contributed by atoms with Crippen LogP contribution in [0.15, 0.2) is 47.3 Å². The largest absolute Gasteiger partial charge is 0.312 e. The van der Waals surface area contributed by atoms with Gasteiger partial charge in [-0.25, -0.2) is 4.98 Å². The number of carbonyl (C=O) groups excluding carboxylic acids is 1. The van der Waals surface area contributed by atoms with Gasteiger partial charge in [-0.2, -0.15) is 0 Å². The van der Waals surface area contributed by atoms with Gasteiger partial charge in [-0.1, -0.05) is 29.5 Å². The Morgan fingerprint density at radius 1 is 1.15 bits per heavy atom. The highest BCUT2D eigenvalue weighted by Crippen LogP contribution is 2.34.